The SMILES string of the molecule is c1cc(-c2cccc3c2sc2ccccc23)cc(-n2c3cc4ccccc4cc3c3c4cccc5c4c(cc32)-c2ccccc2-5)c1. The van der Waals surface area contributed by atoms with E-state index in [1.54, 1.807) is 0 Å². The van der Waals surface area contributed by atoms with Gasteiger partial charge in [0.25, 0.3) is 0 Å². The molecule has 46 heavy (non-hydrogen) atoms. The first-order valence-electron chi connectivity index (χ1n) is 15.9. The number of fused-ring (bicyclic) bond motifs is 11. The molecule has 212 valence electrons. The Bertz CT molecular complexity index is 2920. The van der Waals surface area contributed by atoms with Crippen molar-refractivity contribution >= 4 is 74.9 Å². The van der Waals surface area contributed by atoms with Crippen LogP contribution in [0.4, 0.5) is 0 Å². The van der Waals surface area contributed by atoms with Crippen molar-refractivity contribution in [3.05, 3.63) is 152 Å². The number of hydrogen-bond acceptors (Lipinski definition) is 1. The predicted molar refractivity (Wildman–Crippen MR) is 199 cm³/mol. The van der Waals surface area contributed by atoms with Gasteiger partial charge in [0.2, 0.25) is 0 Å². The lowest BCUT2D eigenvalue weighted by Crippen LogP contribution is -1.95. The van der Waals surface area contributed by atoms with Gasteiger partial charge in [0.15, 0.2) is 0 Å². The van der Waals surface area contributed by atoms with E-state index >= 15 is 0 Å². The van der Waals surface area contributed by atoms with E-state index in [9.17, 15) is 0 Å². The summed E-state index contributed by atoms with van der Waals surface area (Å²) in [6.45, 7) is 0. The Balaban J connectivity index is 1.26. The van der Waals surface area contributed by atoms with Gasteiger partial charge in [-0.1, -0.05) is 115 Å². The van der Waals surface area contributed by atoms with Gasteiger partial charge in [-0.3, -0.25) is 0 Å². The molecule has 0 saturated heterocycles. The topological polar surface area (TPSA) is 4.93 Å². The Kier molecular flexibility index (Phi) is 4.78. The molecule has 0 amide bonds. The average molecular weight is 600 g/mol. The number of thiophene rings is 1. The molecular weight excluding hydrogens is 575 g/mol. The first kappa shape index (κ1) is 24.6. The summed E-state index contributed by atoms with van der Waals surface area (Å²) in [5.41, 5.74) is 11.5. The van der Waals surface area contributed by atoms with Crippen molar-refractivity contribution in [2.24, 2.45) is 0 Å². The maximum absolute atomic E-state index is 2.51. The zero-order valence-electron chi connectivity index (χ0n) is 24.8. The highest BCUT2D eigenvalue weighted by Crippen LogP contribution is 2.51. The molecule has 0 radical (unpaired) electrons. The van der Waals surface area contributed by atoms with Crippen molar-refractivity contribution in [2.75, 3.05) is 0 Å². The van der Waals surface area contributed by atoms with Crippen molar-refractivity contribution < 1.29 is 0 Å². The van der Waals surface area contributed by atoms with Crippen molar-refractivity contribution in [1.29, 1.82) is 0 Å². The zero-order chi connectivity index (χ0) is 29.9. The molecule has 0 atom stereocenters. The highest BCUT2D eigenvalue weighted by Gasteiger charge is 2.25. The van der Waals surface area contributed by atoms with Crippen molar-refractivity contribution in [1.82, 2.24) is 4.57 Å². The number of benzene rings is 8. The van der Waals surface area contributed by atoms with Crippen LogP contribution in [-0.2, 0) is 0 Å². The fraction of sp³-hybridized carbons (Fsp3) is 0. The van der Waals surface area contributed by atoms with E-state index in [0.29, 0.717) is 0 Å². The van der Waals surface area contributed by atoms with E-state index < -0.39 is 0 Å². The lowest BCUT2D eigenvalue weighted by molar-refractivity contribution is 1.18. The second kappa shape index (κ2) is 8.94. The first-order valence-corrected chi connectivity index (χ1v) is 16.7. The zero-order valence-corrected chi connectivity index (χ0v) is 25.6. The lowest BCUT2D eigenvalue weighted by atomic mass is 9.97. The van der Waals surface area contributed by atoms with Crippen LogP contribution in [0.25, 0.3) is 103 Å². The number of nitrogens with zero attached hydrogens (tertiary/aromatic N) is 1. The standard InChI is InChI=1S/C44H25NS/c1-2-11-27-24-39-38(23-26(27)10-1)43-36-20-9-18-34-31-14-3-4-15-32(31)37(42(34)36)25-40(43)45(39)29-13-7-12-28(22-29)30-17-8-19-35-33-16-5-6-21-41(33)46-44(30)35/h1-25H. The van der Waals surface area contributed by atoms with Crippen LogP contribution in [0, 0.1) is 0 Å². The summed E-state index contributed by atoms with van der Waals surface area (Å²) in [4.78, 5) is 0. The molecule has 0 bridgehead atoms. The summed E-state index contributed by atoms with van der Waals surface area (Å²) in [7, 11) is 0. The second-order valence-corrected chi connectivity index (χ2v) is 13.5. The third-order valence-electron chi connectivity index (χ3n) is 10.1. The number of hydrogen-bond donors (Lipinski definition) is 0. The molecule has 1 nitrogen and oxygen atoms in total. The third kappa shape index (κ3) is 3.19. The summed E-state index contributed by atoms with van der Waals surface area (Å²) in [6, 6.07) is 56.4. The van der Waals surface area contributed by atoms with Crippen LogP contribution in [0.15, 0.2) is 152 Å². The Hall–Kier alpha value is -5.70. The molecule has 11 rings (SSSR count). The van der Waals surface area contributed by atoms with E-state index in [0.717, 1.165) is 0 Å². The molecule has 0 aliphatic heterocycles. The van der Waals surface area contributed by atoms with Gasteiger partial charge in [-0.2, -0.15) is 0 Å². The summed E-state index contributed by atoms with van der Waals surface area (Å²) in [6.07, 6.45) is 0. The van der Waals surface area contributed by atoms with Gasteiger partial charge < -0.3 is 4.57 Å². The van der Waals surface area contributed by atoms with Crippen molar-refractivity contribution in [3.8, 4) is 39.1 Å². The molecule has 10 aromatic rings. The fourth-order valence-corrected chi connectivity index (χ4v) is 9.37. The molecule has 1 aliphatic carbocycles. The van der Waals surface area contributed by atoms with Crippen molar-refractivity contribution in [2.45, 2.75) is 0 Å². The summed E-state index contributed by atoms with van der Waals surface area (Å²) in [5, 5.41) is 10.5. The van der Waals surface area contributed by atoms with E-state index in [4.69, 9.17) is 0 Å². The van der Waals surface area contributed by atoms with Gasteiger partial charge in [0.1, 0.15) is 0 Å². The Morgan fingerprint density at radius 2 is 1.07 bits per heavy atom. The van der Waals surface area contributed by atoms with E-state index in [2.05, 4.69) is 156 Å². The molecule has 0 saturated carbocycles. The number of aromatic nitrogens is 1. The van der Waals surface area contributed by atoms with E-state index in [-0.39, 0.29) is 0 Å². The Labute approximate surface area is 269 Å². The van der Waals surface area contributed by atoms with E-state index in [1.165, 1.54) is 103 Å². The van der Waals surface area contributed by atoms with Gasteiger partial charge >= 0.3 is 0 Å². The normalized spacial score (nSPS) is 12.3. The minimum atomic E-state index is 1.18. The van der Waals surface area contributed by atoms with Gasteiger partial charge in [-0.05, 0) is 91.3 Å². The molecule has 2 aromatic heterocycles. The Morgan fingerprint density at radius 3 is 1.96 bits per heavy atom. The second-order valence-electron chi connectivity index (χ2n) is 12.5. The molecule has 0 spiro atoms. The maximum atomic E-state index is 2.51. The lowest BCUT2D eigenvalue weighted by Gasteiger charge is -2.12. The van der Waals surface area contributed by atoms with Crippen LogP contribution >= 0.6 is 11.3 Å². The van der Waals surface area contributed by atoms with Crippen LogP contribution in [0.2, 0.25) is 0 Å². The van der Waals surface area contributed by atoms with Crippen LogP contribution in [0.1, 0.15) is 0 Å². The van der Waals surface area contributed by atoms with Gasteiger partial charge in [0.05, 0.1) is 11.0 Å². The molecule has 0 unspecified atom stereocenters. The molecule has 0 fully saturated rings. The largest absolute Gasteiger partial charge is 0.309 e. The Morgan fingerprint density at radius 1 is 0.391 bits per heavy atom. The minimum absolute atomic E-state index is 1.18. The monoisotopic (exact) mass is 599 g/mol. The summed E-state index contributed by atoms with van der Waals surface area (Å²) < 4.78 is 5.19. The predicted octanol–water partition coefficient (Wildman–Crippen LogP) is 12.8. The van der Waals surface area contributed by atoms with E-state index in [1.807, 2.05) is 11.3 Å². The minimum Gasteiger partial charge on any atom is -0.309 e. The molecule has 8 aromatic carbocycles. The first-order chi connectivity index (χ1) is 22.8. The quantitative estimate of drug-likeness (QED) is 0.186. The molecular formula is C44H25NS. The summed E-state index contributed by atoms with van der Waals surface area (Å²) >= 11 is 1.89. The van der Waals surface area contributed by atoms with Crippen LogP contribution in [0.5, 0.6) is 0 Å². The van der Waals surface area contributed by atoms with Gasteiger partial charge in [-0.25, -0.2) is 0 Å². The van der Waals surface area contributed by atoms with Crippen LogP contribution in [-0.4, -0.2) is 4.57 Å². The highest BCUT2D eigenvalue weighted by molar-refractivity contribution is 7.26. The third-order valence-corrected chi connectivity index (χ3v) is 11.3. The average Bonchev–Trinajstić information content (AvgIpc) is 3.76. The van der Waals surface area contributed by atoms with Gasteiger partial charge in [0, 0.05) is 36.6 Å². The molecule has 0 N–H and O–H groups in total. The molecule has 2 heterocycles. The fourth-order valence-electron chi connectivity index (χ4n) is 8.13. The molecule has 1 aliphatic rings. The summed E-state index contributed by atoms with van der Waals surface area (Å²) in [5.74, 6) is 0. The maximum Gasteiger partial charge on any atom is 0.0553 e. The molecule has 2 heteroatoms. The highest BCUT2D eigenvalue weighted by atomic mass is 32.1. The van der Waals surface area contributed by atoms with Gasteiger partial charge in [-0.15, -0.1) is 11.3 Å². The van der Waals surface area contributed by atoms with Crippen LogP contribution in [0.3, 0.4) is 0 Å². The van der Waals surface area contributed by atoms with Crippen LogP contribution < -0.4 is 0 Å². The smallest absolute Gasteiger partial charge is 0.0553 e. The number of rotatable bonds is 2. The van der Waals surface area contributed by atoms with Crippen molar-refractivity contribution in [3.63, 3.8) is 0 Å².